The van der Waals surface area contributed by atoms with E-state index in [1.807, 2.05) is 43.3 Å². The Kier molecular flexibility index (Phi) is 8.16. The van der Waals surface area contributed by atoms with Gasteiger partial charge in [-0.3, -0.25) is 4.79 Å². The highest BCUT2D eigenvalue weighted by Gasteiger charge is 2.36. The quantitative estimate of drug-likeness (QED) is 0.356. The molecule has 37 heavy (non-hydrogen) atoms. The fraction of sp³-hybridized carbons (Fsp3) is 0.321. The minimum Gasteiger partial charge on any atom is -0.454 e. The van der Waals surface area contributed by atoms with E-state index in [1.54, 1.807) is 35.2 Å². The zero-order valence-corrected chi connectivity index (χ0v) is 21.7. The molecule has 1 heterocycles. The smallest absolute Gasteiger partial charge is 0.253 e. The van der Waals surface area contributed by atoms with Gasteiger partial charge in [0, 0.05) is 25.2 Å². The molecule has 0 aromatic heterocycles. The number of sulfonamides is 1. The molecule has 0 spiro atoms. The molecule has 1 amide bonds. The van der Waals surface area contributed by atoms with E-state index in [0.29, 0.717) is 43.9 Å². The van der Waals surface area contributed by atoms with Crippen LogP contribution in [0.2, 0.25) is 0 Å². The number of hydrogen-bond acceptors (Lipinski definition) is 6. The molecule has 1 fully saturated rings. The number of aliphatic hydroxyl groups is 1. The van der Waals surface area contributed by atoms with Gasteiger partial charge in [-0.25, -0.2) is 13.6 Å². The molecule has 3 aromatic rings. The number of unbranched alkanes of at least 4 members (excludes halogenated alkanes) is 1. The summed E-state index contributed by atoms with van der Waals surface area (Å²) in [4.78, 5) is 14.9. The van der Waals surface area contributed by atoms with Gasteiger partial charge >= 0.3 is 0 Å². The van der Waals surface area contributed by atoms with E-state index in [0.717, 1.165) is 18.4 Å². The van der Waals surface area contributed by atoms with Gasteiger partial charge in [-0.1, -0.05) is 61.9 Å². The maximum absolute atomic E-state index is 13.5. The number of carbonyl (C=O) groups excluding carboxylic acids is 1. The van der Waals surface area contributed by atoms with E-state index in [2.05, 4.69) is 5.32 Å². The minimum absolute atomic E-state index is 0.0541. The van der Waals surface area contributed by atoms with Gasteiger partial charge in [0.2, 0.25) is 10.0 Å². The highest BCUT2D eigenvalue weighted by Crippen LogP contribution is 2.38. The van der Waals surface area contributed by atoms with Gasteiger partial charge in [-0.05, 0) is 49.1 Å². The van der Waals surface area contributed by atoms with Crippen LogP contribution >= 0.6 is 0 Å². The summed E-state index contributed by atoms with van der Waals surface area (Å²) < 4.78 is 31.2. The predicted octanol–water partition coefficient (Wildman–Crippen LogP) is 4.46. The molecule has 0 saturated carbocycles. The highest BCUT2D eigenvalue weighted by molar-refractivity contribution is 7.89. The highest BCUT2D eigenvalue weighted by atomic mass is 32.2. The largest absolute Gasteiger partial charge is 0.454 e. The van der Waals surface area contributed by atoms with Crippen molar-refractivity contribution in [1.29, 1.82) is 0 Å². The van der Waals surface area contributed by atoms with E-state index in [4.69, 9.17) is 9.88 Å². The second kappa shape index (κ2) is 11.3. The fourth-order valence-electron chi connectivity index (χ4n) is 4.48. The number of benzene rings is 3. The molecular weight excluding hydrogens is 490 g/mol. The molecule has 3 aromatic carbocycles. The number of nitrogens with two attached hydrogens (primary N) is 1. The van der Waals surface area contributed by atoms with Crippen molar-refractivity contribution in [2.45, 2.75) is 43.1 Å². The van der Waals surface area contributed by atoms with Crippen molar-refractivity contribution in [2.75, 3.05) is 25.0 Å². The van der Waals surface area contributed by atoms with Gasteiger partial charge < -0.3 is 20.1 Å². The summed E-state index contributed by atoms with van der Waals surface area (Å²) in [7, 11) is -4.22. The summed E-state index contributed by atoms with van der Waals surface area (Å²) >= 11 is 0. The standard InChI is InChI=1S/C28H33N3O5S/c1-2-3-16-30-24-19-21(20-25(37(29,34)35)26(24)36-23-12-8-5-9-13-23)27(32)31-17-14-28(33,15-18-31)22-10-6-4-7-11-22/h4-13,19-20,30,33H,2-3,14-18H2,1H3,(H2,29,34,35). The molecule has 1 aliphatic heterocycles. The number of nitrogens with zero attached hydrogens (tertiary/aromatic N) is 1. The van der Waals surface area contributed by atoms with Gasteiger partial charge in [0.05, 0.1) is 11.3 Å². The lowest BCUT2D eigenvalue weighted by Crippen LogP contribution is -2.45. The van der Waals surface area contributed by atoms with Crippen LogP contribution in [0.1, 0.15) is 48.5 Å². The maximum Gasteiger partial charge on any atom is 0.253 e. The second-order valence-corrected chi connectivity index (χ2v) is 10.8. The number of rotatable bonds is 9. The molecule has 1 aliphatic rings. The number of primary sulfonamides is 1. The number of carbonyl (C=O) groups is 1. The van der Waals surface area contributed by atoms with Crippen LogP contribution in [0, 0.1) is 0 Å². The number of amides is 1. The van der Waals surface area contributed by atoms with Crippen molar-refractivity contribution < 1.29 is 23.1 Å². The molecule has 9 heteroatoms. The van der Waals surface area contributed by atoms with Crippen LogP contribution in [0.3, 0.4) is 0 Å². The lowest BCUT2D eigenvalue weighted by Gasteiger charge is -2.38. The Morgan fingerprint density at radius 3 is 2.27 bits per heavy atom. The molecule has 4 rings (SSSR count). The minimum atomic E-state index is -4.22. The third-order valence-corrected chi connectivity index (χ3v) is 7.52. The van der Waals surface area contributed by atoms with Gasteiger partial charge in [0.1, 0.15) is 10.6 Å². The number of likely N-dealkylation sites (tertiary alicyclic amines) is 1. The normalized spacial score (nSPS) is 15.3. The van der Waals surface area contributed by atoms with Crippen LogP contribution in [0.4, 0.5) is 5.69 Å². The Hall–Kier alpha value is -3.40. The third kappa shape index (κ3) is 6.30. The Labute approximate surface area is 218 Å². The number of hydrogen-bond donors (Lipinski definition) is 3. The number of para-hydroxylation sites is 1. The fourth-order valence-corrected chi connectivity index (χ4v) is 5.18. The predicted molar refractivity (Wildman–Crippen MR) is 143 cm³/mol. The Balaban J connectivity index is 1.65. The summed E-state index contributed by atoms with van der Waals surface area (Å²) in [5.41, 5.74) is 0.381. The number of ether oxygens (including phenoxy) is 1. The lowest BCUT2D eigenvalue weighted by atomic mass is 9.84. The van der Waals surface area contributed by atoms with E-state index in [9.17, 15) is 18.3 Å². The van der Waals surface area contributed by atoms with Crippen molar-refractivity contribution in [2.24, 2.45) is 5.14 Å². The van der Waals surface area contributed by atoms with Crippen LogP contribution < -0.4 is 15.2 Å². The van der Waals surface area contributed by atoms with E-state index in [1.165, 1.54) is 6.07 Å². The molecule has 196 valence electrons. The molecule has 0 atom stereocenters. The number of nitrogens with one attached hydrogen (secondary N) is 1. The van der Waals surface area contributed by atoms with Crippen molar-refractivity contribution in [3.05, 3.63) is 83.9 Å². The molecule has 8 nitrogen and oxygen atoms in total. The first kappa shape index (κ1) is 26.7. The molecular formula is C28H33N3O5S. The van der Waals surface area contributed by atoms with Gasteiger partial charge in [0.15, 0.2) is 5.75 Å². The zero-order valence-electron chi connectivity index (χ0n) is 20.9. The van der Waals surface area contributed by atoms with Crippen molar-refractivity contribution >= 4 is 21.6 Å². The molecule has 4 N–H and O–H groups in total. The number of anilines is 1. The monoisotopic (exact) mass is 523 g/mol. The topological polar surface area (TPSA) is 122 Å². The Bertz CT molecular complexity index is 1320. The van der Waals surface area contributed by atoms with E-state index < -0.39 is 15.6 Å². The Morgan fingerprint density at radius 1 is 1.05 bits per heavy atom. The third-order valence-electron chi connectivity index (χ3n) is 6.61. The summed E-state index contributed by atoms with van der Waals surface area (Å²) in [6, 6.07) is 21.1. The summed E-state index contributed by atoms with van der Waals surface area (Å²) in [6.07, 6.45) is 2.53. The molecule has 0 unspecified atom stereocenters. The van der Waals surface area contributed by atoms with Crippen LogP contribution in [0.25, 0.3) is 0 Å². The van der Waals surface area contributed by atoms with Crippen molar-refractivity contribution in [3.63, 3.8) is 0 Å². The van der Waals surface area contributed by atoms with Crippen molar-refractivity contribution in [1.82, 2.24) is 4.90 Å². The summed E-state index contributed by atoms with van der Waals surface area (Å²) in [5, 5.41) is 20.0. The molecule has 0 aliphatic carbocycles. The zero-order chi connectivity index (χ0) is 26.5. The van der Waals surface area contributed by atoms with Gasteiger partial charge in [-0.15, -0.1) is 0 Å². The van der Waals surface area contributed by atoms with Crippen LogP contribution in [0.5, 0.6) is 11.5 Å². The van der Waals surface area contributed by atoms with E-state index >= 15 is 0 Å². The maximum atomic E-state index is 13.5. The average Bonchev–Trinajstić information content (AvgIpc) is 2.90. The average molecular weight is 524 g/mol. The van der Waals surface area contributed by atoms with Crippen LogP contribution in [-0.4, -0.2) is 44.0 Å². The van der Waals surface area contributed by atoms with Gasteiger partial charge in [0.25, 0.3) is 5.91 Å². The molecule has 0 bridgehead atoms. The summed E-state index contributed by atoms with van der Waals surface area (Å²) in [5.74, 6) is 0.171. The van der Waals surface area contributed by atoms with Crippen LogP contribution in [-0.2, 0) is 15.6 Å². The Morgan fingerprint density at radius 2 is 1.68 bits per heavy atom. The molecule has 0 radical (unpaired) electrons. The first-order valence-corrected chi connectivity index (χ1v) is 14.0. The van der Waals surface area contributed by atoms with Crippen LogP contribution in [0.15, 0.2) is 77.7 Å². The SMILES string of the molecule is CCCCNc1cc(C(=O)N2CCC(O)(c3ccccc3)CC2)cc(S(N)(=O)=O)c1Oc1ccccc1. The second-order valence-electron chi connectivity index (χ2n) is 9.28. The van der Waals surface area contributed by atoms with Crippen molar-refractivity contribution in [3.8, 4) is 11.5 Å². The first-order valence-electron chi connectivity index (χ1n) is 12.5. The summed E-state index contributed by atoms with van der Waals surface area (Å²) in [6.45, 7) is 3.27. The molecule has 1 saturated heterocycles. The van der Waals surface area contributed by atoms with E-state index in [-0.39, 0.29) is 22.1 Å². The lowest BCUT2D eigenvalue weighted by molar-refractivity contribution is -0.0211. The number of piperidine rings is 1. The first-order chi connectivity index (χ1) is 17.7. The van der Waals surface area contributed by atoms with Gasteiger partial charge in [-0.2, -0.15) is 0 Å².